The van der Waals surface area contributed by atoms with Gasteiger partial charge in [-0.2, -0.15) is 0 Å². The van der Waals surface area contributed by atoms with E-state index in [1.165, 1.54) is 0 Å². The average Bonchev–Trinajstić information content (AvgIpc) is 3.26. The number of nitrogens with zero attached hydrogens (tertiary/aromatic N) is 1. The zero-order chi connectivity index (χ0) is 15.3. The Morgan fingerprint density at radius 3 is 2.29 bits per heavy atom. The van der Waals surface area contributed by atoms with Crippen LogP contribution in [0.1, 0.15) is 57.8 Å². The van der Waals surface area contributed by atoms with Crippen molar-refractivity contribution in [2.24, 2.45) is 5.41 Å². The lowest BCUT2D eigenvalue weighted by Crippen LogP contribution is -2.42. The molecule has 0 saturated heterocycles. The number of rotatable bonds is 7. The molecule has 0 aromatic rings. The van der Waals surface area contributed by atoms with Crippen LogP contribution >= 0.6 is 0 Å². The normalized spacial score (nSPS) is 21.6. The highest BCUT2D eigenvalue weighted by Gasteiger charge is 2.43. The van der Waals surface area contributed by atoms with Crippen LogP contribution in [0.5, 0.6) is 0 Å². The zero-order valence-corrected chi connectivity index (χ0v) is 13.0. The van der Waals surface area contributed by atoms with Crippen molar-refractivity contribution in [2.45, 2.75) is 63.8 Å². The molecular formula is C16H27NO4. The largest absolute Gasteiger partial charge is 0.481 e. The van der Waals surface area contributed by atoms with E-state index in [4.69, 9.17) is 4.74 Å². The molecule has 0 spiro atoms. The Bertz CT molecular complexity index is 370. The molecule has 2 aliphatic rings. The average molecular weight is 297 g/mol. The van der Waals surface area contributed by atoms with Gasteiger partial charge in [0.1, 0.15) is 0 Å². The summed E-state index contributed by atoms with van der Waals surface area (Å²) in [7, 11) is 1.62. The summed E-state index contributed by atoms with van der Waals surface area (Å²) in [5.74, 6) is -0.793. The quantitative estimate of drug-likeness (QED) is 0.733. The smallest absolute Gasteiger partial charge is 0.310 e. The van der Waals surface area contributed by atoms with Gasteiger partial charge in [0.25, 0.3) is 0 Å². The van der Waals surface area contributed by atoms with Gasteiger partial charge in [-0.05, 0) is 25.7 Å². The van der Waals surface area contributed by atoms with Crippen LogP contribution in [0.2, 0.25) is 0 Å². The number of amides is 1. The summed E-state index contributed by atoms with van der Waals surface area (Å²) in [5.41, 5.74) is -0.839. The third-order valence-electron chi connectivity index (χ3n) is 4.85. The molecule has 0 atom stereocenters. The second-order valence-electron chi connectivity index (χ2n) is 6.49. The predicted molar refractivity (Wildman–Crippen MR) is 79.0 cm³/mol. The first-order valence-electron chi connectivity index (χ1n) is 8.11. The van der Waals surface area contributed by atoms with Gasteiger partial charge < -0.3 is 14.7 Å². The zero-order valence-electron chi connectivity index (χ0n) is 13.0. The van der Waals surface area contributed by atoms with Crippen molar-refractivity contribution in [3.05, 3.63) is 0 Å². The summed E-state index contributed by atoms with van der Waals surface area (Å²) >= 11 is 0. The Morgan fingerprint density at radius 1 is 1.19 bits per heavy atom. The fraction of sp³-hybridized carbons (Fsp3) is 0.875. The van der Waals surface area contributed by atoms with E-state index in [2.05, 4.69) is 0 Å². The van der Waals surface area contributed by atoms with E-state index in [-0.39, 0.29) is 12.3 Å². The SMILES string of the molecule is COCCN(C(=O)CC1(C(=O)O)CCCCCC1)C1CC1. The van der Waals surface area contributed by atoms with Gasteiger partial charge in [-0.15, -0.1) is 0 Å². The van der Waals surface area contributed by atoms with Crippen LogP contribution in [-0.4, -0.2) is 48.2 Å². The number of carbonyl (C=O) groups excluding carboxylic acids is 1. The van der Waals surface area contributed by atoms with Crippen molar-refractivity contribution < 1.29 is 19.4 Å². The molecule has 5 heteroatoms. The molecule has 1 N–H and O–H groups in total. The van der Waals surface area contributed by atoms with Gasteiger partial charge in [0.15, 0.2) is 0 Å². The maximum atomic E-state index is 12.6. The van der Waals surface area contributed by atoms with Crippen molar-refractivity contribution >= 4 is 11.9 Å². The summed E-state index contributed by atoms with van der Waals surface area (Å²) in [6.07, 6.45) is 7.50. The summed E-state index contributed by atoms with van der Waals surface area (Å²) in [6, 6.07) is 0.310. The third kappa shape index (κ3) is 4.19. The van der Waals surface area contributed by atoms with Crippen LogP contribution in [0.25, 0.3) is 0 Å². The van der Waals surface area contributed by atoms with Crippen LogP contribution in [-0.2, 0) is 14.3 Å². The van der Waals surface area contributed by atoms with E-state index in [9.17, 15) is 14.7 Å². The van der Waals surface area contributed by atoms with Gasteiger partial charge in [-0.1, -0.05) is 25.7 Å². The van der Waals surface area contributed by atoms with E-state index in [0.29, 0.717) is 32.0 Å². The number of ether oxygens (including phenoxy) is 1. The highest BCUT2D eigenvalue weighted by Crippen LogP contribution is 2.40. The van der Waals surface area contributed by atoms with Crippen molar-refractivity contribution in [3.8, 4) is 0 Å². The number of carbonyl (C=O) groups is 2. The second-order valence-corrected chi connectivity index (χ2v) is 6.49. The van der Waals surface area contributed by atoms with E-state index in [0.717, 1.165) is 38.5 Å². The van der Waals surface area contributed by atoms with Crippen LogP contribution in [0, 0.1) is 5.41 Å². The molecule has 0 radical (unpaired) electrons. The molecule has 0 unspecified atom stereocenters. The molecule has 2 rings (SSSR count). The maximum absolute atomic E-state index is 12.6. The van der Waals surface area contributed by atoms with E-state index in [1.54, 1.807) is 7.11 Å². The monoisotopic (exact) mass is 297 g/mol. The van der Waals surface area contributed by atoms with Crippen LogP contribution in [0.3, 0.4) is 0 Å². The molecule has 2 aliphatic carbocycles. The summed E-state index contributed by atoms with van der Waals surface area (Å²) in [4.78, 5) is 26.3. The molecule has 2 fully saturated rings. The van der Waals surface area contributed by atoms with Crippen molar-refractivity contribution in [1.82, 2.24) is 4.90 Å². The molecule has 0 aromatic heterocycles. The lowest BCUT2D eigenvalue weighted by atomic mass is 9.77. The first-order chi connectivity index (χ1) is 10.1. The standard InChI is InChI=1S/C16H27NO4/c1-21-11-10-17(13-6-7-13)14(18)12-16(15(19)20)8-4-2-3-5-9-16/h13H,2-12H2,1H3,(H,19,20). The Balaban J connectivity index is 2.03. The molecule has 5 nitrogen and oxygen atoms in total. The number of hydrogen-bond acceptors (Lipinski definition) is 3. The van der Waals surface area contributed by atoms with Gasteiger partial charge in [0.05, 0.1) is 12.0 Å². The Hall–Kier alpha value is -1.10. The van der Waals surface area contributed by atoms with Gasteiger partial charge in [0.2, 0.25) is 5.91 Å². The van der Waals surface area contributed by atoms with E-state index >= 15 is 0 Å². The summed E-state index contributed by atoms with van der Waals surface area (Å²) < 4.78 is 5.07. The lowest BCUT2D eigenvalue weighted by Gasteiger charge is -2.31. The highest BCUT2D eigenvalue weighted by molar-refractivity contribution is 5.85. The molecule has 21 heavy (non-hydrogen) atoms. The van der Waals surface area contributed by atoms with Gasteiger partial charge in [-0.3, -0.25) is 9.59 Å². The molecular weight excluding hydrogens is 270 g/mol. The van der Waals surface area contributed by atoms with Crippen molar-refractivity contribution in [3.63, 3.8) is 0 Å². The third-order valence-corrected chi connectivity index (χ3v) is 4.85. The van der Waals surface area contributed by atoms with Crippen LogP contribution in [0.15, 0.2) is 0 Å². The lowest BCUT2D eigenvalue weighted by molar-refractivity contribution is -0.155. The van der Waals surface area contributed by atoms with Gasteiger partial charge in [0, 0.05) is 26.1 Å². The fourth-order valence-corrected chi connectivity index (χ4v) is 3.35. The number of carboxylic acid groups (broad SMARTS) is 1. The van der Waals surface area contributed by atoms with Gasteiger partial charge in [-0.25, -0.2) is 0 Å². The fourth-order valence-electron chi connectivity index (χ4n) is 3.35. The predicted octanol–water partition coefficient (Wildman–Crippen LogP) is 2.44. The number of carboxylic acids is 1. The Labute approximate surface area is 126 Å². The maximum Gasteiger partial charge on any atom is 0.310 e. The summed E-state index contributed by atoms with van der Waals surface area (Å²) in [5, 5.41) is 9.68. The topological polar surface area (TPSA) is 66.8 Å². The molecule has 1 amide bonds. The number of methoxy groups -OCH3 is 1. The first kappa shape index (κ1) is 16.3. The van der Waals surface area contributed by atoms with Crippen LogP contribution < -0.4 is 0 Å². The Morgan fingerprint density at radius 2 is 1.81 bits per heavy atom. The highest BCUT2D eigenvalue weighted by atomic mass is 16.5. The second kappa shape index (κ2) is 7.25. The van der Waals surface area contributed by atoms with E-state index < -0.39 is 11.4 Å². The van der Waals surface area contributed by atoms with Crippen LogP contribution in [0.4, 0.5) is 0 Å². The molecule has 0 aromatic carbocycles. The minimum Gasteiger partial charge on any atom is -0.481 e. The first-order valence-corrected chi connectivity index (χ1v) is 8.11. The van der Waals surface area contributed by atoms with Gasteiger partial charge >= 0.3 is 5.97 Å². The molecule has 120 valence electrons. The molecule has 2 saturated carbocycles. The number of aliphatic carboxylic acids is 1. The van der Waals surface area contributed by atoms with E-state index in [1.807, 2.05) is 4.90 Å². The minimum absolute atomic E-state index is 0.00106. The molecule has 0 bridgehead atoms. The Kier molecular flexibility index (Phi) is 5.62. The minimum atomic E-state index is -0.839. The van der Waals surface area contributed by atoms with Crippen molar-refractivity contribution in [1.29, 1.82) is 0 Å². The molecule has 0 heterocycles. The molecule has 0 aliphatic heterocycles. The number of hydrogen-bond donors (Lipinski definition) is 1. The van der Waals surface area contributed by atoms with Crippen molar-refractivity contribution in [2.75, 3.05) is 20.3 Å². The summed E-state index contributed by atoms with van der Waals surface area (Å²) in [6.45, 7) is 1.10.